The molecule has 2 heterocycles. The molecule has 0 spiro atoms. The maximum atomic E-state index is 12.7. The minimum absolute atomic E-state index is 0.166. The number of thiazole rings is 1. The smallest absolute Gasteiger partial charge is 0.274 e. The number of para-hydroxylation sites is 2. The predicted molar refractivity (Wildman–Crippen MR) is 98.1 cm³/mol. The average molecular weight is 418 g/mol. The van der Waals surface area contributed by atoms with Crippen LogP contribution in [0.4, 0.5) is 5.69 Å². The number of aromatic hydroxyl groups is 1. The Morgan fingerprint density at radius 1 is 1.32 bits per heavy atom. The van der Waals surface area contributed by atoms with Crippen molar-refractivity contribution in [1.29, 1.82) is 0 Å². The molecular formula is C16H8BrN3O4S. The summed E-state index contributed by atoms with van der Waals surface area (Å²) in [5.74, 6) is -0.166. The first kappa shape index (κ1) is 15.7. The number of nitro groups is 1. The molecule has 2 aromatic heterocycles. The zero-order chi connectivity index (χ0) is 17.7. The van der Waals surface area contributed by atoms with Crippen molar-refractivity contribution >= 4 is 55.0 Å². The lowest BCUT2D eigenvalue weighted by Gasteiger charge is -2.01. The number of non-ortho nitro benzene ring substituents is 1. The summed E-state index contributed by atoms with van der Waals surface area (Å²) in [7, 11) is 0. The van der Waals surface area contributed by atoms with Crippen LogP contribution in [0.2, 0.25) is 0 Å². The summed E-state index contributed by atoms with van der Waals surface area (Å²) in [4.78, 5) is 28.1. The van der Waals surface area contributed by atoms with Gasteiger partial charge in [-0.05, 0) is 34.1 Å². The van der Waals surface area contributed by atoms with Crippen molar-refractivity contribution < 1.29 is 10.0 Å². The van der Waals surface area contributed by atoms with Gasteiger partial charge in [0.1, 0.15) is 5.75 Å². The van der Waals surface area contributed by atoms with Crippen LogP contribution in [0.5, 0.6) is 5.75 Å². The average Bonchev–Trinajstić information content (AvgIpc) is 3.08. The number of nitrogens with zero attached hydrogens (tertiary/aromatic N) is 3. The number of rotatable bonds is 2. The standard InChI is InChI=1S/C16H8BrN3O4S/c17-10-7-9(20(23)24)5-8(14(10)21)6-13-15(22)19-12-4-2-1-3-11(12)18-16(19)25-13/h1-7,21H/b13-6-. The van der Waals surface area contributed by atoms with Gasteiger partial charge in [0.15, 0.2) is 4.96 Å². The van der Waals surface area contributed by atoms with Crippen LogP contribution >= 0.6 is 27.3 Å². The van der Waals surface area contributed by atoms with Crippen LogP contribution in [0.15, 0.2) is 45.7 Å². The SMILES string of the molecule is O=c1/c(=C/c2cc([N+](=O)[O-])cc(Br)c2O)sc2nc3ccccc3n12. The molecule has 4 rings (SSSR count). The van der Waals surface area contributed by atoms with E-state index in [9.17, 15) is 20.0 Å². The van der Waals surface area contributed by atoms with Gasteiger partial charge in [0, 0.05) is 17.7 Å². The Bertz CT molecular complexity index is 1280. The van der Waals surface area contributed by atoms with E-state index < -0.39 is 4.92 Å². The van der Waals surface area contributed by atoms with Gasteiger partial charge in [-0.3, -0.25) is 14.9 Å². The van der Waals surface area contributed by atoms with Gasteiger partial charge >= 0.3 is 0 Å². The molecule has 0 fully saturated rings. The number of hydrogen-bond acceptors (Lipinski definition) is 6. The van der Waals surface area contributed by atoms with E-state index in [4.69, 9.17) is 0 Å². The second-order valence-corrected chi connectivity index (χ2v) is 7.12. The quantitative estimate of drug-likeness (QED) is 0.399. The second-order valence-electron chi connectivity index (χ2n) is 5.26. The van der Waals surface area contributed by atoms with Crippen molar-refractivity contribution in [3.05, 3.63) is 71.4 Å². The van der Waals surface area contributed by atoms with Gasteiger partial charge in [-0.2, -0.15) is 0 Å². The topological polar surface area (TPSA) is 97.7 Å². The molecule has 0 aliphatic rings. The van der Waals surface area contributed by atoms with E-state index in [1.165, 1.54) is 22.6 Å². The lowest BCUT2D eigenvalue weighted by atomic mass is 10.1. The first-order valence-electron chi connectivity index (χ1n) is 7.04. The molecule has 0 unspecified atom stereocenters. The molecule has 0 saturated carbocycles. The van der Waals surface area contributed by atoms with E-state index in [0.717, 1.165) is 16.9 Å². The predicted octanol–water partition coefficient (Wildman–Crippen LogP) is 2.83. The van der Waals surface area contributed by atoms with Gasteiger partial charge in [-0.1, -0.05) is 23.5 Å². The molecule has 0 radical (unpaired) electrons. The molecule has 0 bridgehead atoms. The van der Waals surface area contributed by atoms with E-state index in [0.29, 0.717) is 15.0 Å². The third-order valence-corrected chi connectivity index (χ3v) is 5.29. The molecule has 0 saturated heterocycles. The van der Waals surface area contributed by atoms with Crippen LogP contribution < -0.4 is 10.1 Å². The van der Waals surface area contributed by atoms with Crippen LogP contribution in [-0.4, -0.2) is 19.4 Å². The summed E-state index contributed by atoms with van der Waals surface area (Å²) in [6.07, 6.45) is 1.43. The number of fused-ring (bicyclic) bond motifs is 3. The molecule has 4 aromatic rings. The number of benzene rings is 2. The van der Waals surface area contributed by atoms with Gasteiger partial charge in [0.2, 0.25) is 0 Å². The molecule has 124 valence electrons. The molecule has 1 N–H and O–H groups in total. The molecule has 0 amide bonds. The largest absolute Gasteiger partial charge is 0.506 e. The number of halogens is 1. The van der Waals surface area contributed by atoms with Crippen LogP contribution in [0.3, 0.4) is 0 Å². The van der Waals surface area contributed by atoms with E-state index >= 15 is 0 Å². The van der Waals surface area contributed by atoms with Crippen LogP contribution in [0, 0.1) is 10.1 Å². The number of aromatic nitrogens is 2. The highest BCUT2D eigenvalue weighted by Gasteiger charge is 2.15. The van der Waals surface area contributed by atoms with Crippen molar-refractivity contribution in [2.24, 2.45) is 0 Å². The van der Waals surface area contributed by atoms with E-state index in [2.05, 4.69) is 20.9 Å². The van der Waals surface area contributed by atoms with Gasteiger partial charge in [0.05, 0.1) is 25.0 Å². The van der Waals surface area contributed by atoms with Crippen molar-refractivity contribution in [3.8, 4) is 5.75 Å². The first-order chi connectivity index (χ1) is 12.0. The van der Waals surface area contributed by atoms with E-state index in [1.54, 1.807) is 6.07 Å². The highest BCUT2D eigenvalue weighted by atomic mass is 79.9. The lowest BCUT2D eigenvalue weighted by molar-refractivity contribution is -0.385. The Hall–Kier alpha value is -2.78. The summed E-state index contributed by atoms with van der Waals surface area (Å²) in [5.41, 5.74) is 1.14. The summed E-state index contributed by atoms with van der Waals surface area (Å²) in [5, 5.41) is 21.1. The van der Waals surface area contributed by atoms with Crippen molar-refractivity contribution in [2.75, 3.05) is 0 Å². The fourth-order valence-electron chi connectivity index (χ4n) is 2.57. The molecule has 7 nitrogen and oxygen atoms in total. The zero-order valence-electron chi connectivity index (χ0n) is 12.3. The molecule has 2 aromatic carbocycles. The van der Waals surface area contributed by atoms with Gasteiger partial charge in [0.25, 0.3) is 11.2 Å². The molecule has 25 heavy (non-hydrogen) atoms. The van der Waals surface area contributed by atoms with E-state index in [-0.39, 0.29) is 27.0 Å². The summed E-state index contributed by atoms with van der Waals surface area (Å²) >= 11 is 4.25. The lowest BCUT2D eigenvalue weighted by Crippen LogP contribution is -2.22. The Balaban J connectivity index is 2.01. The highest BCUT2D eigenvalue weighted by Crippen LogP contribution is 2.33. The molecular weight excluding hydrogens is 410 g/mol. The molecule has 0 aliphatic carbocycles. The fourth-order valence-corrected chi connectivity index (χ4v) is 4.02. The highest BCUT2D eigenvalue weighted by molar-refractivity contribution is 9.10. The van der Waals surface area contributed by atoms with E-state index in [1.807, 2.05) is 18.2 Å². The van der Waals surface area contributed by atoms with Gasteiger partial charge < -0.3 is 5.11 Å². The second kappa shape index (κ2) is 5.64. The summed E-state index contributed by atoms with van der Waals surface area (Å²) in [6, 6.07) is 9.71. The number of imidazole rings is 1. The normalized spacial score (nSPS) is 12.3. The Morgan fingerprint density at radius 3 is 2.84 bits per heavy atom. The van der Waals surface area contributed by atoms with Crippen molar-refractivity contribution in [1.82, 2.24) is 9.38 Å². The minimum Gasteiger partial charge on any atom is -0.506 e. The first-order valence-corrected chi connectivity index (χ1v) is 8.65. The van der Waals surface area contributed by atoms with Crippen LogP contribution in [0.25, 0.3) is 22.1 Å². The third-order valence-electron chi connectivity index (χ3n) is 3.72. The zero-order valence-corrected chi connectivity index (χ0v) is 14.7. The fraction of sp³-hybridized carbons (Fsp3) is 0. The summed E-state index contributed by atoms with van der Waals surface area (Å²) in [6.45, 7) is 0. The monoisotopic (exact) mass is 417 g/mol. The Labute approximate surface area is 151 Å². The van der Waals surface area contributed by atoms with Gasteiger partial charge in [-0.15, -0.1) is 0 Å². The summed E-state index contributed by atoms with van der Waals surface area (Å²) < 4.78 is 2.01. The number of nitro benzene ring substituents is 1. The minimum atomic E-state index is -0.561. The number of phenolic OH excluding ortho intramolecular Hbond substituents is 1. The number of phenols is 1. The Morgan fingerprint density at radius 2 is 2.08 bits per heavy atom. The number of hydrogen-bond donors (Lipinski definition) is 1. The molecule has 0 atom stereocenters. The van der Waals surface area contributed by atoms with Crippen molar-refractivity contribution in [3.63, 3.8) is 0 Å². The Kier molecular flexibility index (Phi) is 3.55. The van der Waals surface area contributed by atoms with Crippen LogP contribution in [0.1, 0.15) is 5.56 Å². The van der Waals surface area contributed by atoms with Crippen LogP contribution in [-0.2, 0) is 0 Å². The van der Waals surface area contributed by atoms with Crippen molar-refractivity contribution in [2.45, 2.75) is 0 Å². The van der Waals surface area contributed by atoms with Gasteiger partial charge in [-0.25, -0.2) is 9.38 Å². The molecule has 0 aliphatic heterocycles. The molecule has 9 heteroatoms. The maximum absolute atomic E-state index is 12.7. The maximum Gasteiger partial charge on any atom is 0.274 e. The third kappa shape index (κ3) is 2.48.